The molecule has 0 atom stereocenters. The monoisotopic (exact) mass is 377 g/mol. The van der Waals surface area contributed by atoms with Gasteiger partial charge in [-0.1, -0.05) is 35.3 Å². The van der Waals surface area contributed by atoms with Crippen LogP contribution in [0.5, 0.6) is 0 Å². The molecule has 4 nitrogen and oxygen atoms in total. The van der Waals surface area contributed by atoms with Crippen LogP contribution in [0.3, 0.4) is 0 Å². The highest BCUT2D eigenvalue weighted by Gasteiger charge is 2.25. The SMILES string of the molecule is COC(=O)c1ccc2c(c1)CCN2C(=O)CCc1cccc(Cl)c1Cl. The number of methoxy groups -OCH3 is 1. The standard InChI is InChI=1S/C19H17Cl2NO3/c1-25-19(24)14-5-7-16-13(11-14)9-10-22(16)17(23)8-6-12-3-2-4-15(20)18(12)21/h2-5,7,11H,6,8-10H2,1H3. The van der Waals surface area contributed by atoms with Gasteiger partial charge >= 0.3 is 5.97 Å². The maximum Gasteiger partial charge on any atom is 0.337 e. The molecular formula is C19H17Cl2NO3. The number of benzene rings is 2. The number of amides is 1. The molecule has 1 amide bonds. The molecule has 3 rings (SSSR count). The van der Waals surface area contributed by atoms with Crippen LogP contribution in [0.25, 0.3) is 0 Å². The van der Waals surface area contributed by atoms with Crippen LogP contribution in [0.1, 0.15) is 27.9 Å². The first-order valence-electron chi connectivity index (χ1n) is 7.95. The van der Waals surface area contributed by atoms with E-state index in [1.165, 1.54) is 7.11 Å². The lowest BCUT2D eigenvalue weighted by Gasteiger charge is -2.18. The van der Waals surface area contributed by atoms with Gasteiger partial charge in [-0.15, -0.1) is 0 Å². The molecule has 0 N–H and O–H groups in total. The normalized spacial score (nSPS) is 12.8. The number of esters is 1. The van der Waals surface area contributed by atoms with Crippen LogP contribution in [0.4, 0.5) is 5.69 Å². The zero-order valence-corrected chi connectivity index (χ0v) is 15.2. The van der Waals surface area contributed by atoms with Crippen LogP contribution in [0.2, 0.25) is 10.0 Å². The van der Waals surface area contributed by atoms with E-state index in [0.717, 1.165) is 23.2 Å². The first kappa shape index (κ1) is 17.8. The molecule has 1 aliphatic heterocycles. The van der Waals surface area contributed by atoms with Crippen LogP contribution in [0.15, 0.2) is 36.4 Å². The van der Waals surface area contributed by atoms with Gasteiger partial charge in [-0.05, 0) is 48.2 Å². The number of aryl methyl sites for hydroxylation is 1. The molecule has 2 aromatic carbocycles. The fraction of sp³-hybridized carbons (Fsp3) is 0.263. The average Bonchev–Trinajstić information content (AvgIpc) is 3.05. The molecule has 0 unspecified atom stereocenters. The summed E-state index contributed by atoms with van der Waals surface area (Å²) in [5.74, 6) is -0.344. The smallest absolute Gasteiger partial charge is 0.337 e. The highest BCUT2D eigenvalue weighted by atomic mass is 35.5. The molecule has 0 aliphatic carbocycles. The maximum atomic E-state index is 12.6. The number of halogens is 2. The molecule has 0 fully saturated rings. The molecule has 130 valence electrons. The first-order chi connectivity index (χ1) is 12.0. The molecular weight excluding hydrogens is 361 g/mol. The van der Waals surface area contributed by atoms with E-state index in [4.69, 9.17) is 27.9 Å². The summed E-state index contributed by atoms with van der Waals surface area (Å²) >= 11 is 12.2. The van der Waals surface area contributed by atoms with Gasteiger partial charge in [-0.25, -0.2) is 4.79 Å². The van der Waals surface area contributed by atoms with E-state index in [2.05, 4.69) is 0 Å². The summed E-state index contributed by atoms with van der Waals surface area (Å²) in [5.41, 5.74) is 3.20. The van der Waals surface area contributed by atoms with Gasteiger partial charge in [0.15, 0.2) is 0 Å². The third-order valence-corrected chi connectivity index (χ3v) is 5.20. The second-order valence-electron chi connectivity index (χ2n) is 5.84. The fourth-order valence-electron chi connectivity index (χ4n) is 3.02. The molecule has 0 radical (unpaired) electrons. The first-order valence-corrected chi connectivity index (χ1v) is 8.71. The van der Waals surface area contributed by atoms with E-state index in [0.29, 0.717) is 35.0 Å². The molecule has 25 heavy (non-hydrogen) atoms. The quantitative estimate of drug-likeness (QED) is 0.746. The number of rotatable bonds is 4. The van der Waals surface area contributed by atoms with Crippen LogP contribution < -0.4 is 4.90 Å². The number of hydrogen-bond acceptors (Lipinski definition) is 3. The topological polar surface area (TPSA) is 46.6 Å². The Morgan fingerprint density at radius 2 is 2.00 bits per heavy atom. The van der Waals surface area contributed by atoms with Gasteiger partial charge < -0.3 is 9.64 Å². The predicted molar refractivity (Wildman–Crippen MR) is 98.6 cm³/mol. The van der Waals surface area contributed by atoms with E-state index in [9.17, 15) is 9.59 Å². The molecule has 2 aromatic rings. The Morgan fingerprint density at radius 1 is 1.20 bits per heavy atom. The van der Waals surface area contributed by atoms with Crippen molar-refractivity contribution in [2.24, 2.45) is 0 Å². The third-order valence-electron chi connectivity index (χ3n) is 4.34. The zero-order valence-electron chi connectivity index (χ0n) is 13.7. The van der Waals surface area contributed by atoms with Crippen molar-refractivity contribution in [3.8, 4) is 0 Å². The Labute approximate surface area is 156 Å². The van der Waals surface area contributed by atoms with Crippen LogP contribution >= 0.6 is 23.2 Å². The van der Waals surface area contributed by atoms with Gasteiger partial charge in [0, 0.05) is 18.7 Å². The molecule has 0 saturated carbocycles. The fourth-order valence-corrected chi connectivity index (χ4v) is 3.44. The van der Waals surface area contributed by atoms with E-state index in [-0.39, 0.29) is 11.9 Å². The second-order valence-corrected chi connectivity index (χ2v) is 6.63. The molecule has 0 saturated heterocycles. The highest BCUT2D eigenvalue weighted by Crippen LogP contribution is 2.31. The minimum Gasteiger partial charge on any atom is -0.465 e. The predicted octanol–water partition coefficient (Wildman–Crippen LogP) is 4.30. The molecule has 0 bridgehead atoms. The van der Waals surface area contributed by atoms with Crippen molar-refractivity contribution >= 4 is 40.8 Å². The largest absolute Gasteiger partial charge is 0.465 e. The summed E-state index contributed by atoms with van der Waals surface area (Å²) in [5, 5.41) is 0.995. The van der Waals surface area contributed by atoms with Crippen LogP contribution in [-0.4, -0.2) is 25.5 Å². The number of ether oxygens (including phenoxy) is 1. The summed E-state index contributed by atoms with van der Waals surface area (Å²) in [6.07, 6.45) is 1.60. The Kier molecular flexibility index (Phi) is 5.30. The summed E-state index contributed by atoms with van der Waals surface area (Å²) in [6.45, 7) is 0.613. The summed E-state index contributed by atoms with van der Waals surface area (Å²) < 4.78 is 4.74. The molecule has 6 heteroatoms. The Morgan fingerprint density at radius 3 is 2.76 bits per heavy atom. The average molecular weight is 378 g/mol. The Bertz CT molecular complexity index is 835. The van der Waals surface area contributed by atoms with Crippen LogP contribution in [-0.2, 0) is 22.4 Å². The van der Waals surface area contributed by atoms with E-state index in [1.807, 2.05) is 12.1 Å². The van der Waals surface area contributed by atoms with Gasteiger partial charge in [-0.2, -0.15) is 0 Å². The number of nitrogens with zero attached hydrogens (tertiary/aromatic N) is 1. The van der Waals surface area contributed by atoms with E-state index in [1.54, 1.807) is 29.2 Å². The van der Waals surface area contributed by atoms with Gasteiger partial charge in [0.2, 0.25) is 5.91 Å². The van der Waals surface area contributed by atoms with Crippen molar-refractivity contribution in [3.05, 3.63) is 63.1 Å². The molecule has 1 heterocycles. The number of carbonyl (C=O) groups excluding carboxylic acids is 2. The van der Waals surface area contributed by atoms with Gasteiger partial charge in [0.05, 0.1) is 22.7 Å². The van der Waals surface area contributed by atoms with Crippen molar-refractivity contribution in [2.45, 2.75) is 19.3 Å². The number of fused-ring (bicyclic) bond motifs is 1. The van der Waals surface area contributed by atoms with Gasteiger partial charge in [-0.3, -0.25) is 4.79 Å². The van der Waals surface area contributed by atoms with E-state index >= 15 is 0 Å². The summed E-state index contributed by atoms with van der Waals surface area (Å²) in [4.78, 5) is 26.0. The van der Waals surface area contributed by atoms with Crippen molar-refractivity contribution < 1.29 is 14.3 Å². The highest BCUT2D eigenvalue weighted by molar-refractivity contribution is 6.42. The number of carbonyl (C=O) groups is 2. The molecule has 0 spiro atoms. The van der Waals surface area contributed by atoms with E-state index < -0.39 is 0 Å². The minimum atomic E-state index is -0.372. The van der Waals surface area contributed by atoms with Crippen molar-refractivity contribution in [1.29, 1.82) is 0 Å². The Hall–Kier alpha value is -2.04. The maximum absolute atomic E-state index is 12.6. The molecule has 1 aliphatic rings. The Balaban J connectivity index is 1.71. The van der Waals surface area contributed by atoms with Gasteiger partial charge in [0.25, 0.3) is 0 Å². The number of anilines is 1. The lowest BCUT2D eigenvalue weighted by molar-refractivity contribution is -0.118. The second kappa shape index (κ2) is 7.46. The van der Waals surface area contributed by atoms with Crippen molar-refractivity contribution in [2.75, 3.05) is 18.6 Å². The van der Waals surface area contributed by atoms with Crippen LogP contribution in [0, 0.1) is 0 Å². The minimum absolute atomic E-state index is 0.0283. The number of hydrogen-bond donors (Lipinski definition) is 0. The summed E-state index contributed by atoms with van der Waals surface area (Å²) in [7, 11) is 1.35. The zero-order chi connectivity index (χ0) is 18.0. The van der Waals surface area contributed by atoms with Crippen molar-refractivity contribution in [3.63, 3.8) is 0 Å². The lowest BCUT2D eigenvalue weighted by Crippen LogP contribution is -2.29. The summed E-state index contributed by atoms with van der Waals surface area (Å²) in [6, 6.07) is 10.7. The lowest BCUT2D eigenvalue weighted by atomic mass is 10.1. The third kappa shape index (κ3) is 3.65. The molecule has 0 aromatic heterocycles. The van der Waals surface area contributed by atoms with Crippen molar-refractivity contribution in [1.82, 2.24) is 0 Å². The van der Waals surface area contributed by atoms with Gasteiger partial charge in [0.1, 0.15) is 0 Å².